The molecule has 0 amide bonds. The number of ether oxygens (including phenoxy) is 3. The maximum absolute atomic E-state index is 11.7. The normalized spacial score (nSPS) is 13.2. The molecule has 132 valence electrons. The van der Waals surface area contributed by atoms with E-state index in [9.17, 15) is 4.79 Å². The predicted octanol–water partition coefficient (Wildman–Crippen LogP) is 3.28. The number of rotatable bonds is 8. The quantitative estimate of drug-likeness (QED) is 0.693. The van der Waals surface area contributed by atoms with E-state index in [-0.39, 0.29) is 12.7 Å². The molecule has 0 N–H and O–H groups in total. The predicted molar refractivity (Wildman–Crippen MR) is 91.5 cm³/mol. The molecule has 2 rings (SSSR count). The smallest absolute Gasteiger partial charge is 0.337 e. The van der Waals surface area contributed by atoms with Crippen molar-refractivity contribution >= 4 is 16.9 Å². The van der Waals surface area contributed by atoms with E-state index in [1.54, 1.807) is 13.8 Å². The lowest BCUT2D eigenvalue weighted by Gasteiger charge is -2.21. The number of methoxy groups -OCH3 is 1. The SMILES string of the molecule is CCC(C)OCn1nc(COC(C)(C)C(=O)OC)c2ccccc21. The highest BCUT2D eigenvalue weighted by Gasteiger charge is 2.30. The number of carbonyl (C=O) groups is 1. The first-order valence-corrected chi connectivity index (χ1v) is 8.17. The molecule has 1 aromatic heterocycles. The maximum atomic E-state index is 11.7. The molecular formula is C18H26N2O4. The number of nitrogens with zero attached hydrogens (tertiary/aromatic N) is 2. The second kappa shape index (κ2) is 7.77. The Morgan fingerprint density at radius 2 is 2.04 bits per heavy atom. The van der Waals surface area contributed by atoms with Crippen molar-refractivity contribution in [2.24, 2.45) is 0 Å². The number of carbonyl (C=O) groups excluding carboxylic acids is 1. The third-order valence-corrected chi connectivity index (χ3v) is 4.04. The molecule has 1 unspecified atom stereocenters. The molecule has 0 bridgehead atoms. The number of hydrogen-bond donors (Lipinski definition) is 0. The summed E-state index contributed by atoms with van der Waals surface area (Å²) in [4.78, 5) is 11.7. The van der Waals surface area contributed by atoms with Crippen LogP contribution in [0.25, 0.3) is 10.9 Å². The van der Waals surface area contributed by atoms with Gasteiger partial charge in [-0.15, -0.1) is 0 Å². The van der Waals surface area contributed by atoms with Crippen molar-refractivity contribution < 1.29 is 19.0 Å². The fourth-order valence-corrected chi connectivity index (χ4v) is 2.27. The number of aromatic nitrogens is 2. The monoisotopic (exact) mass is 334 g/mol. The van der Waals surface area contributed by atoms with Gasteiger partial charge in [-0.1, -0.05) is 25.1 Å². The van der Waals surface area contributed by atoms with Gasteiger partial charge < -0.3 is 14.2 Å². The summed E-state index contributed by atoms with van der Waals surface area (Å²) in [5.74, 6) is -0.411. The number of para-hydroxylation sites is 1. The second-order valence-corrected chi connectivity index (χ2v) is 6.27. The Morgan fingerprint density at radius 3 is 2.71 bits per heavy atom. The zero-order valence-corrected chi connectivity index (χ0v) is 15.0. The van der Waals surface area contributed by atoms with Crippen LogP contribution >= 0.6 is 0 Å². The van der Waals surface area contributed by atoms with Gasteiger partial charge in [0.15, 0.2) is 5.60 Å². The average molecular weight is 334 g/mol. The lowest BCUT2D eigenvalue weighted by atomic mass is 10.1. The summed E-state index contributed by atoms with van der Waals surface area (Å²) in [6, 6.07) is 7.91. The van der Waals surface area contributed by atoms with E-state index in [2.05, 4.69) is 12.0 Å². The third-order valence-electron chi connectivity index (χ3n) is 4.04. The van der Waals surface area contributed by atoms with Gasteiger partial charge in [-0.25, -0.2) is 9.48 Å². The Kier molecular flexibility index (Phi) is 5.96. The van der Waals surface area contributed by atoms with E-state index in [1.807, 2.05) is 35.9 Å². The molecule has 0 saturated heterocycles. The zero-order chi connectivity index (χ0) is 17.7. The number of hydrogen-bond acceptors (Lipinski definition) is 5. The summed E-state index contributed by atoms with van der Waals surface area (Å²) in [6.45, 7) is 8.09. The molecule has 0 aliphatic rings. The molecule has 24 heavy (non-hydrogen) atoms. The van der Waals surface area contributed by atoms with Gasteiger partial charge in [0.1, 0.15) is 6.73 Å². The van der Waals surface area contributed by atoms with Crippen LogP contribution < -0.4 is 0 Å². The third kappa shape index (κ3) is 4.13. The number of esters is 1. The highest BCUT2D eigenvalue weighted by molar-refractivity contribution is 5.82. The van der Waals surface area contributed by atoms with E-state index in [4.69, 9.17) is 14.2 Å². The largest absolute Gasteiger partial charge is 0.467 e. The van der Waals surface area contributed by atoms with Crippen LogP contribution in [0.4, 0.5) is 0 Å². The Bertz CT molecular complexity index is 693. The van der Waals surface area contributed by atoms with Gasteiger partial charge in [0, 0.05) is 5.39 Å². The van der Waals surface area contributed by atoms with Crippen molar-refractivity contribution in [3.05, 3.63) is 30.0 Å². The van der Waals surface area contributed by atoms with Gasteiger partial charge in [-0.3, -0.25) is 0 Å². The number of fused-ring (bicyclic) bond motifs is 1. The molecule has 0 saturated carbocycles. The summed E-state index contributed by atoms with van der Waals surface area (Å²) in [5, 5.41) is 5.59. The molecule has 1 aromatic carbocycles. The van der Waals surface area contributed by atoms with Gasteiger partial charge in [0.25, 0.3) is 0 Å². The maximum Gasteiger partial charge on any atom is 0.337 e. The standard InChI is InChI=1S/C18H26N2O4/c1-6-13(2)23-12-20-16-10-8-7-9-14(16)15(19-20)11-24-18(3,4)17(21)22-5/h7-10,13H,6,11-12H2,1-5H3. The van der Waals surface area contributed by atoms with E-state index in [0.29, 0.717) is 6.73 Å². The molecule has 0 aliphatic carbocycles. The van der Waals surface area contributed by atoms with E-state index in [0.717, 1.165) is 23.0 Å². The fraction of sp³-hybridized carbons (Fsp3) is 0.556. The van der Waals surface area contributed by atoms with Crippen LogP contribution in [0.1, 0.15) is 39.8 Å². The molecule has 6 nitrogen and oxygen atoms in total. The van der Waals surface area contributed by atoms with Gasteiger partial charge >= 0.3 is 5.97 Å². The van der Waals surface area contributed by atoms with E-state index >= 15 is 0 Å². The van der Waals surface area contributed by atoms with Crippen LogP contribution in [0.3, 0.4) is 0 Å². The first kappa shape index (κ1) is 18.4. The topological polar surface area (TPSA) is 62.6 Å². The van der Waals surface area contributed by atoms with Crippen molar-refractivity contribution in [1.82, 2.24) is 9.78 Å². The Labute approximate surface area is 142 Å². The highest BCUT2D eigenvalue weighted by Crippen LogP contribution is 2.22. The molecule has 6 heteroatoms. The first-order chi connectivity index (χ1) is 11.4. The highest BCUT2D eigenvalue weighted by atomic mass is 16.6. The molecule has 0 aliphatic heterocycles. The molecule has 0 fully saturated rings. The van der Waals surface area contributed by atoms with Crippen molar-refractivity contribution in [1.29, 1.82) is 0 Å². The minimum absolute atomic E-state index is 0.172. The summed E-state index contributed by atoms with van der Waals surface area (Å²) in [5.41, 5.74) is 0.734. The minimum Gasteiger partial charge on any atom is -0.467 e. The summed E-state index contributed by atoms with van der Waals surface area (Å²) < 4.78 is 18.1. The molecule has 1 atom stereocenters. The van der Waals surface area contributed by atoms with Crippen LogP contribution in [0.15, 0.2) is 24.3 Å². The first-order valence-electron chi connectivity index (χ1n) is 8.17. The van der Waals surface area contributed by atoms with Gasteiger partial charge in [0.2, 0.25) is 0 Å². The molecular weight excluding hydrogens is 308 g/mol. The Hall–Kier alpha value is -1.92. The number of benzene rings is 1. The molecule has 0 radical (unpaired) electrons. The Balaban J connectivity index is 2.20. The minimum atomic E-state index is -1.02. The summed E-state index contributed by atoms with van der Waals surface area (Å²) >= 11 is 0. The van der Waals surface area contributed by atoms with Crippen molar-refractivity contribution in [3.8, 4) is 0 Å². The van der Waals surface area contributed by atoms with Crippen molar-refractivity contribution in [2.45, 2.75) is 59.2 Å². The van der Waals surface area contributed by atoms with E-state index in [1.165, 1.54) is 7.11 Å². The second-order valence-electron chi connectivity index (χ2n) is 6.27. The van der Waals surface area contributed by atoms with Crippen LogP contribution in [-0.2, 0) is 32.3 Å². The average Bonchev–Trinajstić information content (AvgIpc) is 2.95. The van der Waals surface area contributed by atoms with Gasteiger partial charge in [-0.2, -0.15) is 5.10 Å². The van der Waals surface area contributed by atoms with E-state index < -0.39 is 11.6 Å². The summed E-state index contributed by atoms with van der Waals surface area (Å²) in [6.07, 6.45) is 1.12. The van der Waals surface area contributed by atoms with Gasteiger partial charge in [-0.05, 0) is 33.3 Å². The van der Waals surface area contributed by atoms with Crippen LogP contribution in [-0.4, -0.2) is 34.6 Å². The molecule has 2 aromatic rings. The van der Waals surface area contributed by atoms with Crippen molar-refractivity contribution in [3.63, 3.8) is 0 Å². The summed E-state index contributed by atoms with van der Waals surface area (Å²) in [7, 11) is 1.35. The fourth-order valence-electron chi connectivity index (χ4n) is 2.27. The zero-order valence-electron chi connectivity index (χ0n) is 15.0. The molecule has 1 heterocycles. The molecule has 0 spiro atoms. The van der Waals surface area contributed by atoms with Crippen LogP contribution in [0, 0.1) is 0 Å². The van der Waals surface area contributed by atoms with Crippen LogP contribution in [0.2, 0.25) is 0 Å². The lowest BCUT2D eigenvalue weighted by Crippen LogP contribution is -2.35. The van der Waals surface area contributed by atoms with Crippen LogP contribution in [0.5, 0.6) is 0 Å². The Morgan fingerprint density at radius 1 is 1.33 bits per heavy atom. The van der Waals surface area contributed by atoms with Crippen molar-refractivity contribution in [2.75, 3.05) is 7.11 Å². The van der Waals surface area contributed by atoms with Gasteiger partial charge in [0.05, 0.1) is 31.0 Å². The lowest BCUT2D eigenvalue weighted by molar-refractivity contribution is -0.166.